The van der Waals surface area contributed by atoms with E-state index in [1.54, 1.807) is 4.90 Å². The molecule has 0 aromatic heterocycles. The van der Waals surface area contributed by atoms with E-state index >= 15 is 0 Å². The van der Waals surface area contributed by atoms with E-state index in [9.17, 15) is 9.59 Å². The fourth-order valence-electron chi connectivity index (χ4n) is 3.05. The lowest BCUT2D eigenvalue weighted by molar-refractivity contribution is -0.122. The smallest absolute Gasteiger partial charge is 0.241 e. The first-order chi connectivity index (χ1) is 11.1. The SMILES string of the molecule is CC(C(=O)Nc1cccc(N2CCCC2=O)c1)N1CCOCC1. The average Bonchev–Trinajstić information content (AvgIpc) is 3.01. The van der Waals surface area contributed by atoms with Crippen molar-refractivity contribution in [1.29, 1.82) is 0 Å². The van der Waals surface area contributed by atoms with Gasteiger partial charge in [0.15, 0.2) is 0 Å². The van der Waals surface area contributed by atoms with Gasteiger partial charge in [0.1, 0.15) is 0 Å². The van der Waals surface area contributed by atoms with Gasteiger partial charge in [-0.15, -0.1) is 0 Å². The Kier molecular flexibility index (Phi) is 4.93. The normalized spacial score (nSPS) is 20.6. The average molecular weight is 317 g/mol. The van der Waals surface area contributed by atoms with E-state index < -0.39 is 0 Å². The van der Waals surface area contributed by atoms with Gasteiger partial charge in [0.05, 0.1) is 19.3 Å². The topological polar surface area (TPSA) is 61.9 Å². The second-order valence-electron chi connectivity index (χ2n) is 6.01. The molecule has 0 aliphatic carbocycles. The first kappa shape index (κ1) is 16.0. The molecule has 2 aliphatic rings. The Hall–Kier alpha value is -1.92. The predicted molar refractivity (Wildman–Crippen MR) is 88.5 cm³/mol. The second kappa shape index (κ2) is 7.10. The zero-order valence-corrected chi connectivity index (χ0v) is 13.5. The lowest BCUT2D eigenvalue weighted by atomic mass is 10.2. The van der Waals surface area contributed by atoms with Crippen molar-refractivity contribution in [2.45, 2.75) is 25.8 Å². The number of anilines is 2. The highest BCUT2D eigenvalue weighted by Gasteiger charge is 2.24. The van der Waals surface area contributed by atoms with E-state index in [4.69, 9.17) is 4.74 Å². The third-order valence-corrected chi connectivity index (χ3v) is 4.47. The van der Waals surface area contributed by atoms with E-state index in [2.05, 4.69) is 10.2 Å². The zero-order valence-electron chi connectivity index (χ0n) is 13.5. The number of benzene rings is 1. The number of amides is 2. The molecule has 1 aromatic carbocycles. The van der Waals surface area contributed by atoms with Gasteiger partial charge in [-0.05, 0) is 31.5 Å². The highest BCUT2D eigenvalue weighted by atomic mass is 16.5. The molecule has 2 fully saturated rings. The summed E-state index contributed by atoms with van der Waals surface area (Å²) in [6.07, 6.45) is 1.49. The van der Waals surface area contributed by atoms with Gasteiger partial charge in [0.2, 0.25) is 11.8 Å². The van der Waals surface area contributed by atoms with Gasteiger partial charge < -0.3 is 15.0 Å². The molecule has 2 aliphatic heterocycles. The third-order valence-electron chi connectivity index (χ3n) is 4.47. The Balaban J connectivity index is 1.65. The van der Waals surface area contributed by atoms with E-state index in [0.29, 0.717) is 19.6 Å². The van der Waals surface area contributed by atoms with Crippen LogP contribution in [0.15, 0.2) is 24.3 Å². The van der Waals surface area contributed by atoms with E-state index in [1.807, 2.05) is 31.2 Å². The lowest BCUT2D eigenvalue weighted by Crippen LogP contribution is -2.47. The van der Waals surface area contributed by atoms with Crippen molar-refractivity contribution in [2.75, 3.05) is 43.1 Å². The van der Waals surface area contributed by atoms with Crippen molar-refractivity contribution < 1.29 is 14.3 Å². The van der Waals surface area contributed by atoms with Crippen molar-refractivity contribution in [1.82, 2.24) is 4.90 Å². The highest BCUT2D eigenvalue weighted by Crippen LogP contribution is 2.24. The number of rotatable bonds is 4. The summed E-state index contributed by atoms with van der Waals surface area (Å²) in [5.74, 6) is 0.118. The molecule has 124 valence electrons. The number of hydrogen-bond donors (Lipinski definition) is 1. The van der Waals surface area contributed by atoms with Crippen LogP contribution in [-0.2, 0) is 14.3 Å². The van der Waals surface area contributed by atoms with E-state index in [1.165, 1.54) is 0 Å². The largest absolute Gasteiger partial charge is 0.379 e. The summed E-state index contributed by atoms with van der Waals surface area (Å²) >= 11 is 0. The van der Waals surface area contributed by atoms with Crippen molar-refractivity contribution in [3.63, 3.8) is 0 Å². The van der Waals surface area contributed by atoms with Crippen LogP contribution in [0.5, 0.6) is 0 Å². The number of hydrogen-bond acceptors (Lipinski definition) is 4. The van der Waals surface area contributed by atoms with Crippen LogP contribution in [0.3, 0.4) is 0 Å². The molecule has 1 aromatic rings. The summed E-state index contributed by atoms with van der Waals surface area (Å²) in [7, 11) is 0. The maximum Gasteiger partial charge on any atom is 0.241 e. The van der Waals surface area contributed by atoms with Gasteiger partial charge in [0.25, 0.3) is 0 Å². The Morgan fingerprint density at radius 2 is 2.04 bits per heavy atom. The van der Waals surface area contributed by atoms with Crippen LogP contribution < -0.4 is 10.2 Å². The van der Waals surface area contributed by atoms with Gasteiger partial charge in [-0.3, -0.25) is 14.5 Å². The molecule has 0 spiro atoms. The highest BCUT2D eigenvalue weighted by molar-refractivity contribution is 5.98. The fraction of sp³-hybridized carbons (Fsp3) is 0.529. The standard InChI is InChI=1S/C17H23N3O3/c1-13(19-8-10-23-11-9-19)17(22)18-14-4-2-5-15(12-14)20-7-3-6-16(20)21/h2,4-5,12-13H,3,6-11H2,1H3,(H,18,22). The van der Waals surface area contributed by atoms with E-state index in [-0.39, 0.29) is 17.9 Å². The molecule has 23 heavy (non-hydrogen) atoms. The summed E-state index contributed by atoms with van der Waals surface area (Å²) in [5.41, 5.74) is 1.58. The van der Waals surface area contributed by atoms with Gasteiger partial charge in [-0.2, -0.15) is 0 Å². The van der Waals surface area contributed by atoms with Crippen molar-refractivity contribution in [2.24, 2.45) is 0 Å². The quantitative estimate of drug-likeness (QED) is 0.913. The van der Waals surface area contributed by atoms with Gasteiger partial charge in [-0.1, -0.05) is 6.07 Å². The Morgan fingerprint density at radius 1 is 1.26 bits per heavy atom. The summed E-state index contributed by atoms with van der Waals surface area (Å²) in [4.78, 5) is 28.2. The molecule has 2 amide bonds. The van der Waals surface area contributed by atoms with Crippen LogP contribution in [-0.4, -0.2) is 55.6 Å². The molecule has 1 N–H and O–H groups in total. The number of morpholine rings is 1. The van der Waals surface area contributed by atoms with Gasteiger partial charge >= 0.3 is 0 Å². The molecular weight excluding hydrogens is 294 g/mol. The molecule has 2 heterocycles. The number of nitrogens with zero attached hydrogens (tertiary/aromatic N) is 2. The Bertz CT molecular complexity index is 584. The van der Waals surface area contributed by atoms with Crippen LogP contribution in [0.25, 0.3) is 0 Å². The molecule has 6 nitrogen and oxygen atoms in total. The third kappa shape index (κ3) is 3.71. The fourth-order valence-corrected chi connectivity index (χ4v) is 3.05. The van der Waals surface area contributed by atoms with Crippen LogP contribution in [0, 0.1) is 0 Å². The van der Waals surface area contributed by atoms with Crippen LogP contribution >= 0.6 is 0 Å². The van der Waals surface area contributed by atoms with Crippen molar-refractivity contribution >= 4 is 23.2 Å². The predicted octanol–water partition coefficient (Wildman–Crippen LogP) is 1.47. The monoisotopic (exact) mass is 317 g/mol. The minimum absolute atomic E-state index is 0.0307. The first-order valence-electron chi connectivity index (χ1n) is 8.18. The number of nitrogens with one attached hydrogen (secondary N) is 1. The second-order valence-corrected chi connectivity index (χ2v) is 6.01. The summed E-state index contributed by atoms with van der Waals surface area (Å²) < 4.78 is 5.32. The lowest BCUT2D eigenvalue weighted by Gasteiger charge is -2.31. The molecular formula is C17H23N3O3. The zero-order chi connectivity index (χ0) is 16.2. The number of ether oxygens (including phenoxy) is 1. The molecule has 2 saturated heterocycles. The summed E-state index contributed by atoms with van der Waals surface area (Å²) in [5, 5.41) is 2.96. The first-order valence-corrected chi connectivity index (χ1v) is 8.18. The molecule has 0 radical (unpaired) electrons. The Morgan fingerprint density at radius 3 is 2.74 bits per heavy atom. The van der Waals surface area contributed by atoms with Gasteiger partial charge in [0, 0.05) is 37.4 Å². The van der Waals surface area contributed by atoms with Crippen LogP contribution in [0.1, 0.15) is 19.8 Å². The molecule has 0 bridgehead atoms. The van der Waals surface area contributed by atoms with Gasteiger partial charge in [-0.25, -0.2) is 0 Å². The molecule has 3 rings (SSSR count). The number of carbonyl (C=O) groups excluding carboxylic acids is 2. The van der Waals surface area contributed by atoms with Crippen molar-refractivity contribution in [3.05, 3.63) is 24.3 Å². The van der Waals surface area contributed by atoms with Crippen molar-refractivity contribution in [3.8, 4) is 0 Å². The minimum Gasteiger partial charge on any atom is -0.379 e. The summed E-state index contributed by atoms with van der Waals surface area (Å²) in [6, 6.07) is 7.30. The molecule has 6 heteroatoms. The van der Waals surface area contributed by atoms with Crippen LogP contribution in [0.2, 0.25) is 0 Å². The molecule has 0 saturated carbocycles. The van der Waals surface area contributed by atoms with E-state index in [0.717, 1.165) is 37.4 Å². The maximum atomic E-state index is 12.4. The maximum absolute atomic E-state index is 12.4. The Labute approximate surface area is 136 Å². The number of carbonyl (C=O) groups is 2. The van der Waals surface area contributed by atoms with Crippen LogP contribution in [0.4, 0.5) is 11.4 Å². The summed E-state index contributed by atoms with van der Waals surface area (Å²) in [6.45, 7) is 5.55. The molecule has 1 atom stereocenters. The molecule has 1 unspecified atom stereocenters. The minimum atomic E-state index is -0.198.